The van der Waals surface area contributed by atoms with Crippen molar-refractivity contribution in [2.75, 3.05) is 40.1 Å². The molecule has 2 rings (SSSR count). The van der Waals surface area contributed by atoms with Crippen LogP contribution in [0.15, 0.2) is 24.3 Å². The summed E-state index contributed by atoms with van der Waals surface area (Å²) < 4.78 is 16.2. The number of para-hydroxylation sites is 2. The molecule has 100 valence electrons. The van der Waals surface area contributed by atoms with Crippen LogP contribution in [0.3, 0.4) is 0 Å². The maximum absolute atomic E-state index is 8.96. The van der Waals surface area contributed by atoms with E-state index in [1.54, 1.807) is 7.11 Å². The van der Waals surface area contributed by atoms with Gasteiger partial charge in [0.1, 0.15) is 6.61 Å². The second-order valence-electron chi connectivity index (χ2n) is 4.18. The largest absolute Gasteiger partial charge is 0.493 e. The maximum atomic E-state index is 8.96. The molecular formula is C13H19NO4. The highest BCUT2D eigenvalue weighted by Crippen LogP contribution is 2.25. The maximum Gasteiger partial charge on any atom is 0.161 e. The first-order valence-electron chi connectivity index (χ1n) is 6.04. The zero-order valence-corrected chi connectivity index (χ0v) is 10.5. The van der Waals surface area contributed by atoms with E-state index in [-0.39, 0.29) is 12.7 Å². The Hall–Kier alpha value is -1.30. The molecular weight excluding hydrogens is 234 g/mol. The van der Waals surface area contributed by atoms with Crippen LogP contribution in [-0.4, -0.2) is 56.3 Å². The molecule has 1 aliphatic rings. The lowest BCUT2D eigenvalue weighted by molar-refractivity contribution is 0.0506. The summed E-state index contributed by atoms with van der Waals surface area (Å²) in [5.41, 5.74) is 0. The highest BCUT2D eigenvalue weighted by Gasteiger charge is 2.21. The lowest BCUT2D eigenvalue weighted by atomic mass is 10.3. The number of hydrogen-bond acceptors (Lipinski definition) is 5. The average molecular weight is 253 g/mol. The van der Waals surface area contributed by atoms with Gasteiger partial charge in [0.2, 0.25) is 0 Å². The summed E-state index contributed by atoms with van der Waals surface area (Å²) in [7, 11) is 1.63. The third kappa shape index (κ3) is 3.35. The van der Waals surface area contributed by atoms with Gasteiger partial charge in [0.15, 0.2) is 11.5 Å². The molecule has 1 atom stereocenters. The normalized spacial score (nSPS) is 20.0. The van der Waals surface area contributed by atoms with Crippen LogP contribution in [0.25, 0.3) is 0 Å². The summed E-state index contributed by atoms with van der Waals surface area (Å²) in [5.74, 6) is 1.49. The van der Waals surface area contributed by atoms with Gasteiger partial charge in [-0.2, -0.15) is 0 Å². The molecule has 0 spiro atoms. The first-order valence-corrected chi connectivity index (χ1v) is 6.04. The van der Waals surface area contributed by atoms with E-state index in [1.165, 1.54) is 0 Å². The molecule has 0 unspecified atom stereocenters. The predicted molar refractivity (Wildman–Crippen MR) is 66.9 cm³/mol. The second-order valence-corrected chi connectivity index (χ2v) is 4.18. The quantitative estimate of drug-likeness (QED) is 0.809. The van der Waals surface area contributed by atoms with Crippen LogP contribution in [0.5, 0.6) is 11.5 Å². The van der Waals surface area contributed by atoms with Gasteiger partial charge < -0.3 is 19.3 Å². The summed E-state index contributed by atoms with van der Waals surface area (Å²) >= 11 is 0. The Kier molecular flexibility index (Phi) is 4.81. The molecule has 0 aromatic heterocycles. The summed E-state index contributed by atoms with van der Waals surface area (Å²) in [6.07, 6.45) is -0.0590. The minimum Gasteiger partial charge on any atom is -0.493 e. The first-order chi connectivity index (χ1) is 8.83. The van der Waals surface area contributed by atoms with Crippen LogP contribution in [-0.2, 0) is 4.74 Å². The van der Waals surface area contributed by atoms with Crippen LogP contribution in [0.4, 0.5) is 0 Å². The molecule has 1 aliphatic heterocycles. The lowest BCUT2D eigenvalue weighted by Crippen LogP contribution is -2.28. The van der Waals surface area contributed by atoms with Crippen molar-refractivity contribution in [3.8, 4) is 11.5 Å². The number of rotatable bonds is 6. The second kappa shape index (κ2) is 6.58. The van der Waals surface area contributed by atoms with E-state index < -0.39 is 0 Å². The van der Waals surface area contributed by atoms with Crippen molar-refractivity contribution in [1.29, 1.82) is 0 Å². The molecule has 1 saturated heterocycles. The van der Waals surface area contributed by atoms with Crippen molar-refractivity contribution in [2.45, 2.75) is 6.10 Å². The fourth-order valence-electron chi connectivity index (χ4n) is 1.89. The first kappa shape index (κ1) is 13.1. The Bertz CT molecular complexity index is 372. The minimum atomic E-state index is -0.0590. The highest BCUT2D eigenvalue weighted by atomic mass is 16.5. The van der Waals surface area contributed by atoms with Crippen molar-refractivity contribution >= 4 is 0 Å². The average Bonchev–Trinajstić information content (AvgIpc) is 2.87. The molecule has 0 radical (unpaired) electrons. The Morgan fingerprint density at radius 3 is 2.83 bits per heavy atom. The van der Waals surface area contributed by atoms with Crippen molar-refractivity contribution in [3.63, 3.8) is 0 Å². The van der Waals surface area contributed by atoms with Crippen molar-refractivity contribution in [1.82, 2.24) is 4.90 Å². The monoisotopic (exact) mass is 253 g/mol. The smallest absolute Gasteiger partial charge is 0.161 e. The molecule has 18 heavy (non-hydrogen) atoms. The number of aliphatic hydroxyl groups is 1. The predicted octanol–water partition coefficient (Wildman–Crippen LogP) is 0.725. The van der Waals surface area contributed by atoms with Crippen LogP contribution < -0.4 is 9.47 Å². The van der Waals surface area contributed by atoms with Crippen molar-refractivity contribution < 1.29 is 19.3 Å². The number of benzene rings is 1. The fourth-order valence-corrected chi connectivity index (χ4v) is 1.89. The van der Waals surface area contributed by atoms with Crippen LogP contribution in [0.1, 0.15) is 0 Å². The highest BCUT2D eigenvalue weighted by molar-refractivity contribution is 5.39. The summed E-state index contributed by atoms with van der Waals surface area (Å²) in [5, 5.41) is 8.96. The molecule has 0 saturated carbocycles. The van der Waals surface area contributed by atoms with E-state index in [0.29, 0.717) is 13.3 Å². The Morgan fingerprint density at radius 2 is 2.17 bits per heavy atom. The third-order valence-electron chi connectivity index (χ3n) is 2.89. The van der Waals surface area contributed by atoms with Crippen LogP contribution in [0.2, 0.25) is 0 Å². The van der Waals surface area contributed by atoms with Gasteiger partial charge in [-0.3, -0.25) is 4.90 Å². The van der Waals surface area contributed by atoms with Crippen molar-refractivity contribution in [3.05, 3.63) is 24.3 Å². The molecule has 1 aromatic rings. The summed E-state index contributed by atoms with van der Waals surface area (Å²) in [4.78, 5) is 2.11. The molecule has 0 bridgehead atoms. The van der Waals surface area contributed by atoms with Gasteiger partial charge in [0.25, 0.3) is 0 Å². The van der Waals surface area contributed by atoms with Gasteiger partial charge in [-0.25, -0.2) is 0 Å². The third-order valence-corrected chi connectivity index (χ3v) is 2.89. The van der Waals surface area contributed by atoms with E-state index >= 15 is 0 Å². The van der Waals surface area contributed by atoms with Gasteiger partial charge in [0, 0.05) is 13.1 Å². The molecule has 0 aliphatic carbocycles. The van der Waals surface area contributed by atoms with E-state index in [4.69, 9.17) is 19.3 Å². The molecule has 0 amide bonds. The van der Waals surface area contributed by atoms with Gasteiger partial charge in [0.05, 0.1) is 26.6 Å². The van der Waals surface area contributed by atoms with Crippen LogP contribution in [0, 0.1) is 0 Å². The zero-order chi connectivity index (χ0) is 12.8. The van der Waals surface area contributed by atoms with E-state index in [0.717, 1.165) is 24.6 Å². The molecule has 1 N–H and O–H groups in total. The fraction of sp³-hybridized carbons (Fsp3) is 0.538. The van der Waals surface area contributed by atoms with Gasteiger partial charge >= 0.3 is 0 Å². The van der Waals surface area contributed by atoms with Gasteiger partial charge in [-0.15, -0.1) is 0 Å². The van der Waals surface area contributed by atoms with Crippen LogP contribution >= 0.6 is 0 Å². The Balaban J connectivity index is 1.75. The number of ether oxygens (including phenoxy) is 3. The SMILES string of the molecule is COc1ccccc1OCCN1CO[C@H](CO)C1. The standard InChI is InChI=1S/C13H19NO4/c1-16-12-4-2-3-5-13(12)17-7-6-14-8-11(9-15)18-10-14/h2-5,11,15H,6-10H2,1H3/t11-/m0/s1. The molecule has 5 nitrogen and oxygen atoms in total. The van der Waals surface area contributed by atoms with Crippen molar-refractivity contribution in [2.24, 2.45) is 0 Å². The minimum absolute atomic E-state index is 0.0590. The van der Waals surface area contributed by atoms with E-state index in [2.05, 4.69) is 4.90 Å². The number of aliphatic hydroxyl groups excluding tert-OH is 1. The van der Waals surface area contributed by atoms with Gasteiger partial charge in [-0.05, 0) is 12.1 Å². The number of methoxy groups -OCH3 is 1. The topological polar surface area (TPSA) is 51.2 Å². The molecule has 1 heterocycles. The summed E-state index contributed by atoms with van der Waals surface area (Å²) in [6, 6.07) is 7.58. The number of nitrogens with zero attached hydrogens (tertiary/aromatic N) is 1. The lowest BCUT2D eigenvalue weighted by Gasteiger charge is -2.15. The van der Waals surface area contributed by atoms with Gasteiger partial charge in [-0.1, -0.05) is 12.1 Å². The zero-order valence-electron chi connectivity index (χ0n) is 10.5. The Morgan fingerprint density at radius 1 is 1.39 bits per heavy atom. The Labute approximate surface area is 107 Å². The molecule has 1 fully saturated rings. The molecule has 5 heteroatoms. The summed E-state index contributed by atoms with van der Waals surface area (Å²) in [6.45, 7) is 2.73. The number of hydrogen-bond donors (Lipinski definition) is 1. The molecule has 1 aromatic carbocycles. The van der Waals surface area contributed by atoms with E-state index in [9.17, 15) is 0 Å². The van der Waals surface area contributed by atoms with E-state index in [1.807, 2.05) is 24.3 Å².